The number of rotatable bonds is 43. The van der Waals surface area contributed by atoms with E-state index in [0.29, 0.717) is 6.42 Å². The molecule has 2 aliphatic heterocycles. The Morgan fingerprint density at radius 3 is 1.51 bits per heavy atom. The quantitative estimate of drug-likeness (QED) is 0.0207. The lowest BCUT2D eigenvalue weighted by molar-refractivity contribution is -0.359. The van der Waals surface area contributed by atoms with Gasteiger partial charge in [0, 0.05) is 6.42 Å². The fourth-order valence-corrected chi connectivity index (χ4v) is 9.03. The molecule has 404 valence electrons. The van der Waals surface area contributed by atoms with Crippen molar-refractivity contribution in [3.05, 3.63) is 36.5 Å². The zero-order chi connectivity index (χ0) is 50.3. The maximum Gasteiger partial charge on any atom is 0.220 e. The van der Waals surface area contributed by atoms with Crippen LogP contribution < -0.4 is 5.32 Å². The van der Waals surface area contributed by atoms with Crippen molar-refractivity contribution in [2.45, 2.75) is 286 Å². The smallest absolute Gasteiger partial charge is 0.220 e. The van der Waals surface area contributed by atoms with E-state index in [9.17, 15) is 45.6 Å². The Morgan fingerprint density at radius 1 is 0.522 bits per heavy atom. The average Bonchev–Trinajstić information content (AvgIpc) is 3.35. The molecule has 2 heterocycles. The number of hydrogen-bond acceptors (Lipinski definition) is 13. The molecule has 2 saturated heterocycles. The molecule has 2 aliphatic rings. The molecule has 0 spiro atoms. The Hall–Kier alpha value is -1.79. The largest absolute Gasteiger partial charge is 0.394 e. The highest BCUT2D eigenvalue weighted by atomic mass is 16.7. The summed E-state index contributed by atoms with van der Waals surface area (Å²) in [5, 5.41) is 86.9. The van der Waals surface area contributed by atoms with Crippen LogP contribution in [0.1, 0.15) is 213 Å². The molecule has 2 rings (SSSR count). The molecule has 0 bridgehead atoms. The Labute approximate surface area is 417 Å². The highest BCUT2D eigenvalue weighted by Gasteiger charge is 2.51. The molecule has 9 N–H and O–H groups in total. The van der Waals surface area contributed by atoms with Crippen LogP contribution in [0.2, 0.25) is 0 Å². The molecule has 14 nitrogen and oxygen atoms in total. The average molecular weight is 984 g/mol. The summed E-state index contributed by atoms with van der Waals surface area (Å²) in [5.41, 5.74) is 0. The molecule has 0 aromatic carbocycles. The zero-order valence-corrected chi connectivity index (χ0v) is 43.1. The molecule has 14 heteroatoms. The van der Waals surface area contributed by atoms with Gasteiger partial charge in [0.25, 0.3) is 0 Å². The summed E-state index contributed by atoms with van der Waals surface area (Å²) in [5.74, 6) is -0.254. The van der Waals surface area contributed by atoms with Crippen molar-refractivity contribution in [3.63, 3.8) is 0 Å². The summed E-state index contributed by atoms with van der Waals surface area (Å²) in [6.45, 7) is 2.72. The number of allylic oxidation sites excluding steroid dienone is 5. The lowest BCUT2D eigenvalue weighted by Gasteiger charge is -2.46. The van der Waals surface area contributed by atoms with Crippen molar-refractivity contribution in [3.8, 4) is 0 Å². The first-order valence-electron chi connectivity index (χ1n) is 27.7. The SMILES string of the molecule is CCC/C=C\C/C=C\CCCCCCCC(=O)NC(COC1OC(CO)C(OC2OC(CO)C(O)C(O)C2O)C(O)C1O)C(O)/C=C/CCCCCCCCCCCCCCCCCCCCCC. The highest BCUT2D eigenvalue weighted by molar-refractivity contribution is 5.76. The summed E-state index contributed by atoms with van der Waals surface area (Å²) in [6, 6.07) is -0.920. The number of ether oxygens (including phenoxy) is 4. The van der Waals surface area contributed by atoms with Gasteiger partial charge in [-0.05, 0) is 44.9 Å². The van der Waals surface area contributed by atoms with Crippen LogP contribution in [-0.4, -0.2) is 140 Å². The van der Waals surface area contributed by atoms with E-state index < -0.39 is 86.8 Å². The molecular formula is C55H101NO13. The maximum atomic E-state index is 13.2. The Kier molecular flexibility index (Phi) is 38.2. The minimum atomic E-state index is -1.79. The van der Waals surface area contributed by atoms with Gasteiger partial charge in [0.1, 0.15) is 48.8 Å². The number of carbonyl (C=O) groups is 1. The van der Waals surface area contributed by atoms with Crippen LogP contribution in [-0.2, 0) is 23.7 Å². The maximum absolute atomic E-state index is 13.2. The second kappa shape index (κ2) is 41.7. The first kappa shape index (κ1) is 63.3. The first-order valence-corrected chi connectivity index (χ1v) is 27.7. The Bertz CT molecular complexity index is 1300. The van der Waals surface area contributed by atoms with Crippen molar-refractivity contribution in [1.82, 2.24) is 5.32 Å². The first-order chi connectivity index (χ1) is 33.6. The van der Waals surface area contributed by atoms with E-state index in [-0.39, 0.29) is 18.9 Å². The topological polar surface area (TPSA) is 228 Å². The highest BCUT2D eigenvalue weighted by Crippen LogP contribution is 2.30. The van der Waals surface area contributed by atoms with Crippen LogP contribution >= 0.6 is 0 Å². The lowest BCUT2D eigenvalue weighted by atomic mass is 9.97. The number of aliphatic hydroxyl groups is 8. The van der Waals surface area contributed by atoms with Gasteiger partial charge in [-0.3, -0.25) is 4.79 Å². The van der Waals surface area contributed by atoms with Crippen molar-refractivity contribution in [1.29, 1.82) is 0 Å². The normalized spacial score (nSPS) is 26.4. The second-order valence-corrected chi connectivity index (χ2v) is 19.7. The molecule has 0 aliphatic carbocycles. The van der Waals surface area contributed by atoms with Gasteiger partial charge in [0.15, 0.2) is 12.6 Å². The van der Waals surface area contributed by atoms with Crippen LogP contribution in [0.4, 0.5) is 0 Å². The van der Waals surface area contributed by atoms with Gasteiger partial charge in [-0.15, -0.1) is 0 Å². The molecule has 0 saturated carbocycles. The number of carbonyl (C=O) groups excluding carboxylic acids is 1. The van der Waals surface area contributed by atoms with Crippen LogP contribution in [0.15, 0.2) is 36.5 Å². The summed E-state index contributed by atoms with van der Waals surface area (Å²) >= 11 is 0. The van der Waals surface area contributed by atoms with E-state index in [1.165, 1.54) is 116 Å². The number of aliphatic hydroxyl groups excluding tert-OH is 8. The molecule has 0 aromatic heterocycles. The molecule has 12 atom stereocenters. The number of nitrogens with one attached hydrogen (secondary N) is 1. The summed E-state index contributed by atoms with van der Waals surface area (Å²) in [4.78, 5) is 13.2. The van der Waals surface area contributed by atoms with E-state index in [0.717, 1.165) is 70.6 Å². The van der Waals surface area contributed by atoms with E-state index in [1.807, 2.05) is 6.08 Å². The minimum absolute atomic E-state index is 0.254. The van der Waals surface area contributed by atoms with Crippen molar-refractivity contribution >= 4 is 5.91 Å². The molecule has 12 unspecified atom stereocenters. The number of hydrogen-bond donors (Lipinski definition) is 9. The van der Waals surface area contributed by atoms with Crippen LogP contribution in [0.5, 0.6) is 0 Å². The Balaban J connectivity index is 1.79. The van der Waals surface area contributed by atoms with Gasteiger partial charge in [0.05, 0.1) is 32.0 Å². The summed E-state index contributed by atoms with van der Waals surface area (Å²) in [7, 11) is 0. The third-order valence-electron chi connectivity index (χ3n) is 13.6. The summed E-state index contributed by atoms with van der Waals surface area (Å²) < 4.78 is 22.7. The van der Waals surface area contributed by atoms with Gasteiger partial charge in [-0.2, -0.15) is 0 Å². The van der Waals surface area contributed by atoms with Crippen molar-refractivity contribution in [2.75, 3.05) is 19.8 Å². The predicted octanol–water partition coefficient (Wildman–Crippen LogP) is 8.27. The molecule has 1 amide bonds. The fraction of sp³-hybridized carbons (Fsp3) is 0.873. The summed E-state index contributed by atoms with van der Waals surface area (Å²) in [6.07, 6.45) is 31.9. The fourth-order valence-electron chi connectivity index (χ4n) is 9.03. The second-order valence-electron chi connectivity index (χ2n) is 19.7. The molecule has 2 fully saturated rings. The molecular weight excluding hydrogens is 883 g/mol. The van der Waals surface area contributed by atoms with Gasteiger partial charge in [-0.25, -0.2) is 0 Å². The van der Waals surface area contributed by atoms with Crippen molar-refractivity contribution in [2.24, 2.45) is 0 Å². The van der Waals surface area contributed by atoms with Gasteiger partial charge < -0.3 is 65.1 Å². The van der Waals surface area contributed by atoms with Gasteiger partial charge >= 0.3 is 0 Å². The zero-order valence-electron chi connectivity index (χ0n) is 43.1. The van der Waals surface area contributed by atoms with E-state index in [1.54, 1.807) is 6.08 Å². The van der Waals surface area contributed by atoms with Crippen LogP contribution in [0.3, 0.4) is 0 Å². The molecule has 0 aromatic rings. The number of amides is 1. The Morgan fingerprint density at radius 2 is 0.986 bits per heavy atom. The van der Waals surface area contributed by atoms with Crippen LogP contribution in [0.25, 0.3) is 0 Å². The number of unbranched alkanes of at least 4 members (excludes halogenated alkanes) is 26. The van der Waals surface area contributed by atoms with Crippen molar-refractivity contribution < 1.29 is 64.6 Å². The third-order valence-corrected chi connectivity index (χ3v) is 13.6. The molecule has 0 radical (unpaired) electrons. The minimum Gasteiger partial charge on any atom is -0.394 e. The van der Waals surface area contributed by atoms with E-state index >= 15 is 0 Å². The standard InChI is InChI=1S/C55H101NO13/c1-3-5-7-9-11-13-15-17-18-19-20-21-22-23-24-25-27-28-30-32-34-36-38-44(59)43(56-47(60)39-37-35-33-31-29-26-16-14-12-10-8-6-4-2)42-66-54-52(65)50(63)53(46(41-58)68-54)69-55-51(64)49(62)48(61)45(40-57)67-55/h8,10,14,16,36,38,43-46,48-55,57-59,61-65H,3-7,9,11-13,15,17-35,37,39-42H2,1-2H3,(H,56,60)/b10-8-,16-14-,38-36+. The van der Waals surface area contributed by atoms with Gasteiger partial charge in [0.2, 0.25) is 5.91 Å². The molecule has 69 heavy (non-hydrogen) atoms. The van der Waals surface area contributed by atoms with E-state index in [4.69, 9.17) is 18.9 Å². The monoisotopic (exact) mass is 984 g/mol. The van der Waals surface area contributed by atoms with Gasteiger partial charge in [-0.1, -0.05) is 198 Å². The lowest BCUT2D eigenvalue weighted by Crippen LogP contribution is -2.65. The van der Waals surface area contributed by atoms with E-state index in [2.05, 4.69) is 43.5 Å². The predicted molar refractivity (Wildman–Crippen MR) is 272 cm³/mol. The third kappa shape index (κ3) is 28.3. The van der Waals surface area contributed by atoms with Crippen LogP contribution in [0, 0.1) is 0 Å².